The van der Waals surface area contributed by atoms with Crippen molar-refractivity contribution in [3.05, 3.63) is 71.8 Å². The molecule has 2 aromatic rings. The molecule has 58 heavy (non-hydrogen) atoms. The van der Waals surface area contributed by atoms with E-state index in [1.54, 1.807) is 0 Å². The third-order valence-electron chi connectivity index (χ3n) is 12.0. The van der Waals surface area contributed by atoms with Gasteiger partial charge >= 0.3 is 5.97 Å². The predicted molar refractivity (Wildman–Crippen MR) is 238 cm³/mol. The Hall–Kier alpha value is -2.62. The van der Waals surface area contributed by atoms with Crippen molar-refractivity contribution >= 4 is 12.3 Å². The summed E-state index contributed by atoms with van der Waals surface area (Å²) in [4.78, 5) is 27.3. The molecule has 0 radical (unpaired) electrons. The molecule has 0 aromatic heterocycles. The molecule has 328 valence electrons. The first kappa shape index (κ1) is 49.7. The van der Waals surface area contributed by atoms with Gasteiger partial charge in [0.1, 0.15) is 12.6 Å². The second kappa shape index (κ2) is 29.6. The SMILES string of the molecule is CCC(C[N+](C)(C)C)OCCCCCCCCCCCCCCCC(=O)OCOC(C=O)(c1ccccc1)c1ccccc1.COC1CCN2CCCCCCC2C1. The molecular weight excluding hydrogens is 725 g/mol. The topological polar surface area (TPSA) is 74.3 Å². The maximum Gasteiger partial charge on any atom is 0.307 e. The van der Waals surface area contributed by atoms with Crippen molar-refractivity contribution in [1.29, 1.82) is 0 Å². The molecule has 0 amide bonds. The highest BCUT2D eigenvalue weighted by Crippen LogP contribution is 2.32. The van der Waals surface area contributed by atoms with Gasteiger partial charge in [-0.3, -0.25) is 9.59 Å². The van der Waals surface area contributed by atoms with Crippen LogP contribution in [0, 0.1) is 0 Å². The third kappa shape index (κ3) is 20.1. The van der Waals surface area contributed by atoms with E-state index in [1.807, 2.05) is 67.8 Å². The van der Waals surface area contributed by atoms with Crippen molar-refractivity contribution in [2.45, 2.75) is 172 Å². The molecule has 8 nitrogen and oxygen atoms in total. The number of hydrogen-bond acceptors (Lipinski definition) is 7. The van der Waals surface area contributed by atoms with Crippen LogP contribution in [0.15, 0.2) is 60.7 Å². The number of rotatable bonds is 27. The summed E-state index contributed by atoms with van der Waals surface area (Å²) in [5, 5.41) is 0. The number of unbranched alkanes of at least 4 members (excludes halogenated alkanes) is 12. The van der Waals surface area contributed by atoms with E-state index < -0.39 is 5.60 Å². The molecule has 2 aliphatic heterocycles. The van der Waals surface area contributed by atoms with E-state index in [0.717, 1.165) is 55.6 Å². The molecule has 2 aliphatic rings. The molecule has 0 aliphatic carbocycles. The zero-order valence-electron chi connectivity index (χ0n) is 37.5. The largest absolute Gasteiger partial charge is 0.438 e. The minimum absolute atomic E-state index is 0.272. The maximum atomic E-state index is 12.3. The van der Waals surface area contributed by atoms with Crippen LogP contribution in [0.3, 0.4) is 0 Å². The molecule has 2 aromatic carbocycles. The number of ether oxygens (including phenoxy) is 4. The van der Waals surface area contributed by atoms with E-state index in [1.165, 1.54) is 122 Å². The summed E-state index contributed by atoms with van der Waals surface area (Å²) in [6.45, 7) is 6.53. The first-order valence-corrected chi connectivity index (χ1v) is 23.3. The fourth-order valence-electron chi connectivity index (χ4n) is 8.53. The number of esters is 1. The second-order valence-electron chi connectivity index (χ2n) is 17.9. The number of piperidine rings is 1. The van der Waals surface area contributed by atoms with Gasteiger partial charge in [-0.2, -0.15) is 0 Å². The number of carbonyl (C=O) groups excluding carboxylic acids is 2. The Kier molecular flexibility index (Phi) is 25.4. The van der Waals surface area contributed by atoms with Gasteiger partial charge < -0.3 is 28.3 Å². The summed E-state index contributed by atoms with van der Waals surface area (Å²) in [6, 6.07) is 19.4. The van der Waals surface area contributed by atoms with E-state index in [2.05, 4.69) is 33.0 Å². The van der Waals surface area contributed by atoms with E-state index in [0.29, 0.717) is 29.8 Å². The van der Waals surface area contributed by atoms with Gasteiger partial charge in [-0.15, -0.1) is 0 Å². The van der Waals surface area contributed by atoms with Gasteiger partial charge in [0.2, 0.25) is 0 Å². The highest BCUT2D eigenvalue weighted by atomic mass is 16.7. The molecule has 3 atom stereocenters. The van der Waals surface area contributed by atoms with Gasteiger partial charge in [0.15, 0.2) is 18.7 Å². The zero-order valence-corrected chi connectivity index (χ0v) is 37.5. The summed E-state index contributed by atoms with van der Waals surface area (Å²) in [6.07, 6.45) is 28.7. The van der Waals surface area contributed by atoms with Crippen LogP contribution in [0.25, 0.3) is 0 Å². The van der Waals surface area contributed by atoms with Gasteiger partial charge in [0.25, 0.3) is 0 Å². The quantitative estimate of drug-likeness (QED) is 0.0293. The smallest absolute Gasteiger partial charge is 0.307 e. The lowest BCUT2D eigenvalue weighted by Gasteiger charge is -2.40. The zero-order chi connectivity index (χ0) is 41.7. The van der Waals surface area contributed by atoms with Crippen LogP contribution in [0.1, 0.15) is 159 Å². The molecule has 2 saturated heterocycles. The van der Waals surface area contributed by atoms with Gasteiger partial charge in [-0.05, 0) is 62.6 Å². The maximum absolute atomic E-state index is 12.3. The first-order chi connectivity index (χ1) is 28.2. The van der Waals surface area contributed by atoms with E-state index in [4.69, 9.17) is 18.9 Å². The lowest BCUT2D eigenvalue weighted by molar-refractivity contribution is -0.873. The number of fused-ring (bicyclic) bond motifs is 1. The standard InChI is InChI=1S/C38H60NO5.C12H23NO/c1-5-36(31-39(2,3)4)42-30-24-16-14-12-10-8-6-7-9-11-13-15-23-29-37(41)43-33-44-38(32-40,34-25-19-17-20-26-34)35-27-21-18-22-28-35;1-14-12-7-9-13-8-5-3-2-4-6-11(13)10-12/h17-22,25-28,32,36H,5-16,23-24,29-31,33H2,1-4H3;11-12H,2-10H2,1H3/q+1;. The van der Waals surface area contributed by atoms with E-state index in [-0.39, 0.29) is 12.8 Å². The van der Waals surface area contributed by atoms with Gasteiger partial charge in [-0.1, -0.05) is 157 Å². The van der Waals surface area contributed by atoms with Crippen LogP contribution in [0.4, 0.5) is 0 Å². The van der Waals surface area contributed by atoms with Gasteiger partial charge in [0.05, 0.1) is 27.2 Å². The lowest BCUT2D eigenvalue weighted by atomic mass is 9.87. The molecule has 0 saturated carbocycles. The number of carbonyl (C=O) groups is 2. The highest BCUT2D eigenvalue weighted by Gasteiger charge is 2.36. The Morgan fingerprint density at radius 3 is 1.84 bits per heavy atom. The van der Waals surface area contributed by atoms with Crippen molar-refractivity contribution in [1.82, 2.24) is 4.90 Å². The summed E-state index contributed by atoms with van der Waals surface area (Å²) < 4.78 is 23.9. The Bertz CT molecular complexity index is 1280. The molecule has 2 heterocycles. The van der Waals surface area contributed by atoms with Gasteiger partial charge in [0, 0.05) is 32.7 Å². The summed E-state index contributed by atoms with van der Waals surface area (Å²) in [7, 11) is 8.55. The molecule has 3 unspecified atom stereocenters. The average molecular weight is 808 g/mol. The number of benzene rings is 2. The number of hydrogen-bond donors (Lipinski definition) is 0. The van der Waals surface area contributed by atoms with Crippen LogP contribution >= 0.6 is 0 Å². The fourth-order valence-corrected chi connectivity index (χ4v) is 8.53. The molecule has 8 heteroatoms. The number of aldehydes is 1. The average Bonchev–Trinajstić information content (AvgIpc) is 3.22. The van der Waals surface area contributed by atoms with Crippen LogP contribution in [-0.2, 0) is 34.1 Å². The predicted octanol–water partition coefficient (Wildman–Crippen LogP) is 11.0. The van der Waals surface area contributed by atoms with Crippen LogP contribution in [0.2, 0.25) is 0 Å². The van der Waals surface area contributed by atoms with E-state index >= 15 is 0 Å². The molecular formula is C50H83N2O6+. The highest BCUT2D eigenvalue weighted by molar-refractivity contribution is 5.73. The third-order valence-corrected chi connectivity index (χ3v) is 12.0. The number of nitrogens with zero attached hydrogens (tertiary/aromatic N) is 2. The normalized spacial score (nSPS) is 18.2. The molecule has 2 fully saturated rings. The summed E-state index contributed by atoms with van der Waals surface area (Å²) >= 11 is 0. The first-order valence-electron chi connectivity index (χ1n) is 23.3. The van der Waals surface area contributed by atoms with Crippen LogP contribution < -0.4 is 0 Å². The van der Waals surface area contributed by atoms with Crippen molar-refractivity contribution < 1.29 is 33.0 Å². The van der Waals surface area contributed by atoms with Crippen molar-refractivity contribution in [3.8, 4) is 0 Å². The lowest BCUT2D eigenvalue weighted by Crippen LogP contribution is -2.45. The van der Waals surface area contributed by atoms with Crippen LogP contribution in [-0.4, -0.2) is 101 Å². The van der Waals surface area contributed by atoms with E-state index in [9.17, 15) is 9.59 Å². The Morgan fingerprint density at radius 1 is 0.759 bits per heavy atom. The summed E-state index contributed by atoms with van der Waals surface area (Å²) in [5.74, 6) is -0.288. The number of likely N-dealkylation sites (N-methyl/N-ethyl adjacent to an activating group) is 1. The number of methoxy groups -OCH3 is 1. The monoisotopic (exact) mass is 808 g/mol. The number of quaternary nitrogens is 1. The molecule has 0 bridgehead atoms. The van der Waals surface area contributed by atoms with Gasteiger partial charge in [-0.25, -0.2) is 0 Å². The second-order valence-corrected chi connectivity index (χ2v) is 17.9. The Balaban J connectivity index is 0.000000533. The minimum atomic E-state index is -1.32. The fraction of sp³-hybridized carbons (Fsp3) is 0.720. The summed E-state index contributed by atoms with van der Waals surface area (Å²) in [5.41, 5.74) is 0.0812. The Labute approximate surface area is 354 Å². The van der Waals surface area contributed by atoms with Crippen molar-refractivity contribution in [3.63, 3.8) is 0 Å². The van der Waals surface area contributed by atoms with Crippen molar-refractivity contribution in [2.24, 2.45) is 0 Å². The molecule has 4 rings (SSSR count). The molecule has 0 spiro atoms. The minimum Gasteiger partial charge on any atom is -0.438 e. The van der Waals surface area contributed by atoms with Crippen LogP contribution in [0.5, 0.6) is 0 Å². The Morgan fingerprint density at radius 2 is 1.31 bits per heavy atom. The van der Waals surface area contributed by atoms with Crippen molar-refractivity contribution in [2.75, 3.05) is 61.3 Å². The molecule has 0 N–H and O–H groups in total.